The van der Waals surface area contributed by atoms with E-state index in [9.17, 15) is 4.79 Å². The van der Waals surface area contributed by atoms with E-state index in [1.807, 2.05) is 54.6 Å². The minimum absolute atomic E-state index is 0.0626. The van der Waals surface area contributed by atoms with E-state index in [0.29, 0.717) is 69.8 Å². The van der Waals surface area contributed by atoms with Crippen LogP contribution in [0, 0.1) is 5.92 Å². The summed E-state index contributed by atoms with van der Waals surface area (Å²) in [5.74, 6) is 1.93. The molecule has 6 N–H and O–H groups in total. The van der Waals surface area contributed by atoms with Crippen LogP contribution in [0.4, 0.5) is 23.5 Å². The Morgan fingerprint density at radius 2 is 1.48 bits per heavy atom. The van der Waals surface area contributed by atoms with Gasteiger partial charge in [0.1, 0.15) is 0 Å². The first-order chi connectivity index (χ1) is 19.5. The van der Waals surface area contributed by atoms with Gasteiger partial charge in [0.05, 0.1) is 32.8 Å². The summed E-state index contributed by atoms with van der Waals surface area (Å²) in [4.78, 5) is 25.9. The molecule has 3 rings (SSSR count). The predicted octanol–water partition coefficient (Wildman–Crippen LogP) is 3.34. The molecule has 1 amide bonds. The molecule has 0 radical (unpaired) electrons. The Morgan fingerprint density at radius 1 is 0.800 bits per heavy atom. The molecule has 2 aromatic carbocycles. The first-order valence-electron chi connectivity index (χ1n) is 13.8. The summed E-state index contributed by atoms with van der Waals surface area (Å²) in [7, 11) is 0. The van der Waals surface area contributed by atoms with Crippen molar-refractivity contribution < 1.29 is 14.3 Å². The number of amides is 1. The lowest BCUT2D eigenvalue weighted by Crippen LogP contribution is -2.29. The molecule has 0 aliphatic heterocycles. The molecule has 0 spiro atoms. The molecule has 1 aromatic heterocycles. The van der Waals surface area contributed by atoms with Gasteiger partial charge in [0.25, 0.3) is 0 Å². The first kappa shape index (κ1) is 30.7. The second-order valence-corrected chi connectivity index (χ2v) is 9.62. The number of nitrogens with zero attached hydrogens (tertiary/aromatic N) is 3. The molecule has 11 nitrogen and oxygen atoms in total. The van der Waals surface area contributed by atoms with Crippen molar-refractivity contribution in [1.82, 2.24) is 20.3 Å². The van der Waals surface area contributed by atoms with Crippen LogP contribution in [0.5, 0.6) is 0 Å². The number of nitrogens with two attached hydrogens (primary N) is 1. The fourth-order valence-electron chi connectivity index (χ4n) is 3.59. The number of carbonyl (C=O) groups excluding carboxylic acids is 1. The lowest BCUT2D eigenvalue weighted by atomic mass is 10.1. The predicted molar refractivity (Wildman–Crippen MR) is 159 cm³/mol. The molecular weight excluding hydrogens is 508 g/mol. The van der Waals surface area contributed by atoms with Gasteiger partial charge in [-0.05, 0) is 35.6 Å². The highest BCUT2D eigenvalue weighted by Gasteiger charge is 2.09. The number of ether oxygens (including phenoxy) is 2. The van der Waals surface area contributed by atoms with Gasteiger partial charge >= 0.3 is 0 Å². The SMILES string of the molecule is CC(C)CCNc1nc(NCc2ccccc2)nc(Nc2ccc(CC(=O)NCCOCCOCCN)cc2)n1. The van der Waals surface area contributed by atoms with E-state index in [2.05, 4.69) is 50.1 Å². The molecule has 11 heteroatoms. The Kier molecular flexibility index (Phi) is 13.6. The van der Waals surface area contributed by atoms with E-state index >= 15 is 0 Å². The summed E-state index contributed by atoms with van der Waals surface area (Å²) in [6.45, 7) is 8.60. The van der Waals surface area contributed by atoms with Gasteiger partial charge in [0.2, 0.25) is 23.8 Å². The molecule has 1 heterocycles. The van der Waals surface area contributed by atoms with E-state index < -0.39 is 0 Å². The van der Waals surface area contributed by atoms with Crippen molar-refractivity contribution in [1.29, 1.82) is 0 Å². The summed E-state index contributed by atoms with van der Waals surface area (Å²) in [5.41, 5.74) is 8.20. The zero-order valence-corrected chi connectivity index (χ0v) is 23.5. The number of hydrogen-bond acceptors (Lipinski definition) is 10. The third-order valence-electron chi connectivity index (χ3n) is 5.71. The third kappa shape index (κ3) is 12.4. The fraction of sp³-hybridized carbons (Fsp3) is 0.448. The van der Waals surface area contributed by atoms with Crippen molar-refractivity contribution in [3.63, 3.8) is 0 Å². The number of benzene rings is 2. The molecule has 0 saturated heterocycles. The van der Waals surface area contributed by atoms with Crippen molar-refractivity contribution >= 4 is 29.4 Å². The van der Waals surface area contributed by atoms with Crippen molar-refractivity contribution in [2.75, 3.05) is 62.0 Å². The van der Waals surface area contributed by atoms with Crippen LogP contribution in [0.15, 0.2) is 54.6 Å². The first-order valence-corrected chi connectivity index (χ1v) is 13.8. The molecule has 0 bridgehead atoms. The van der Waals surface area contributed by atoms with E-state index in [-0.39, 0.29) is 12.3 Å². The van der Waals surface area contributed by atoms with Gasteiger partial charge in [0.15, 0.2) is 0 Å². The highest BCUT2D eigenvalue weighted by Crippen LogP contribution is 2.18. The second kappa shape index (κ2) is 17.7. The van der Waals surface area contributed by atoms with Crippen LogP contribution in [0.2, 0.25) is 0 Å². The minimum Gasteiger partial charge on any atom is -0.378 e. The normalized spacial score (nSPS) is 10.9. The van der Waals surface area contributed by atoms with Crippen LogP contribution in [0.3, 0.4) is 0 Å². The summed E-state index contributed by atoms with van der Waals surface area (Å²) < 4.78 is 10.7. The molecule has 0 aliphatic carbocycles. The van der Waals surface area contributed by atoms with E-state index in [1.165, 1.54) is 0 Å². The Bertz CT molecular complexity index is 1130. The Hall–Kier alpha value is -3.80. The molecule has 0 unspecified atom stereocenters. The fourth-order valence-corrected chi connectivity index (χ4v) is 3.59. The monoisotopic (exact) mass is 550 g/mol. The maximum absolute atomic E-state index is 12.3. The van der Waals surface area contributed by atoms with Crippen molar-refractivity contribution in [2.45, 2.75) is 33.2 Å². The Labute approximate surface area is 236 Å². The second-order valence-electron chi connectivity index (χ2n) is 9.62. The highest BCUT2D eigenvalue weighted by molar-refractivity contribution is 5.78. The van der Waals surface area contributed by atoms with Gasteiger partial charge < -0.3 is 36.5 Å². The standard InChI is InChI=1S/C29H42N8O3/c1-22(2)12-14-32-27-35-28(33-21-24-6-4-3-5-7-24)37-29(36-27)34-25-10-8-23(9-11-25)20-26(38)31-15-17-40-19-18-39-16-13-30/h3-11,22H,12-21,30H2,1-2H3,(H,31,38)(H3,32,33,34,35,36,37). The van der Waals surface area contributed by atoms with Crippen LogP contribution < -0.4 is 27.0 Å². The largest absolute Gasteiger partial charge is 0.378 e. The van der Waals surface area contributed by atoms with Crippen LogP contribution in [0.1, 0.15) is 31.4 Å². The molecule has 216 valence electrons. The number of carbonyl (C=O) groups is 1. The smallest absolute Gasteiger partial charge is 0.233 e. The van der Waals surface area contributed by atoms with Gasteiger partial charge in [-0.15, -0.1) is 0 Å². The van der Waals surface area contributed by atoms with Gasteiger partial charge in [-0.3, -0.25) is 4.79 Å². The third-order valence-corrected chi connectivity index (χ3v) is 5.71. The maximum Gasteiger partial charge on any atom is 0.233 e. The summed E-state index contributed by atoms with van der Waals surface area (Å²) in [6.07, 6.45) is 1.29. The molecule has 40 heavy (non-hydrogen) atoms. The molecule has 0 fully saturated rings. The van der Waals surface area contributed by atoms with Crippen LogP contribution in [-0.2, 0) is 27.2 Å². The van der Waals surface area contributed by atoms with E-state index in [4.69, 9.17) is 15.2 Å². The quantitative estimate of drug-likeness (QED) is 0.141. The number of nitrogens with one attached hydrogen (secondary N) is 4. The van der Waals surface area contributed by atoms with Crippen molar-refractivity contribution in [2.24, 2.45) is 11.7 Å². The van der Waals surface area contributed by atoms with Crippen LogP contribution in [0.25, 0.3) is 0 Å². The average molecular weight is 551 g/mol. The maximum atomic E-state index is 12.3. The average Bonchev–Trinajstić information content (AvgIpc) is 2.95. The lowest BCUT2D eigenvalue weighted by Gasteiger charge is -2.12. The van der Waals surface area contributed by atoms with Crippen molar-refractivity contribution in [3.05, 3.63) is 65.7 Å². The molecule has 0 aliphatic rings. The van der Waals surface area contributed by atoms with Crippen LogP contribution >= 0.6 is 0 Å². The molecule has 0 saturated carbocycles. The van der Waals surface area contributed by atoms with Gasteiger partial charge in [-0.25, -0.2) is 0 Å². The van der Waals surface area contributed by atoms with Gasteiger partial charge in [-0.2, -0.15) is 15.0 Å². The zero-order valence-electron chi connectivity index (χ0n) is 23.5. The summed E-state index contributed by atoms with van der Waals surface area (Å²) in [6, 6.07) is 17.7. The summed E-state index contributed by atoms with van der Waals surface area (Å²) in [5, 5.41) is 12.7. The van der Waals surface area contributed by atoms with Gasteiger partial charge in [-0.1, -0.05) is 56.3 Å². The molecule has 3 aromatic rings. The van der Waals surface area contributed by atoms with E-state index in [1.54, 1.807) is 0 Å². The lowest BCUT2D eigenvalue weighted by molar-refractivity contribution is -0.120. The Morgan fingerprint density at radius 3 is 2.17 bits per heavy atom. The highest BCUT2D eigenvalue weighted by atomic mass is 16.5. The molecular formula is C29H42N8O3. The minimum atomic E-state index is -0.0626. The van der Waals surface area contributed by atoms with Gasteiger partial charge in [0, 0.05) is 31.9 Å². The summed E-state index contributed by atoms with van der Waals surface area (Å²) >= 11 is 0. The van der Waals surface area contributed by atoms with E-state index in [0.717, 1.165) is 29.8 Å². The van der Waals surface area contributed by atoms with Crippen molar-refractivity contribution in [3.8, 4) is 0 Å². The molecule has 0 atom stereocenters. The Balaban J connectivity index is 1.51. The number of rotatable bonds is 19. The number of hydrogen-bond donors (Lipinski definition) is 5. The number of aromatic nitrogens is 3. The number of anilines is 4. The zero-order chi connectivity index (χ0) is 28.4. The topological polar surface area (TPSA) is 148 Å². The van der Waals surface area contributed by atoms with Crippen LogP contribution in [-0.4, -0.2) is 66.9 Å².